The molecule has 2 heteroatoms. The van der Waals surface area contributed by atoms with Crippen molar-refractivity contribution in [3.63, 3.8) is 0 Å². The van der Waals surface area contributed by atoms with Gasteiger partial charge in [0.05, 0.1) is 6.20 Å². The third kappa shape index (κ3) is 2.11. The van der Waals surface area contributed by atoms with Crippen molar-refractivity contribution in [2.75, 3.05) is 0 Å². The third-order valence-electron chi connectivity index (χ3n) is 2.64. The molecule has 1 aliphatic carbocycles. The number of hydrogen-bond acceptors (Lipinski definition) is 1. The van der Waals surface area contributed by atoms with Crippen LogP contribution < -0.4 is 0 Å². The van der Waals surface area contributed by atoms with E-state index in [0.717, 1.165) is 12.5 Å². The number of hydrogen-bond donors (Lipinski definition) is 0. The molecule has 2 nitrogen and oxygen atoms in total. The van der Waals surface area contributed by atoms with Crippen LogP contribution >= 0.6 is 0 Å². The largest absolute Gasteiger partial charge is 0.272 e. The molecule has 0 saturated heterocycles. The van der Waals surface area contributed by atoms with E-state index in [1.165, 1.54) is 18.4 Å². The molecule has 1 saturated carbocycles. The first kappa shape index (κ1) is 8.79. The van der Waals surface area contributed by atoms with Crippen molar-refractivity contribution in [2.45, 2.75) is 45.6 Å². The second-order valence-corrected chi connectivity index (χ2v) is 5.14. The lowest BCUT2D eigenvalue weighted by atomic mass is 9.90. The zero-order valence-corrected chi connectivity index (χ0v) is 8.75. The number of aromatic nitrogens is 2. The highest BCUT2D eigenvalue weighted by molar-refractivity contribution is 5.15. The average molecular weight is 178 g/mol. The molecule has 13 heavy (non-hydrogen) atoms. The third-order valence-corrected chi connectivity index (χ3v) is 2.64. The Kier molecular flexibility index (Phi) is 1.94. The van der Waals surface area contributed by atoms with Gasteiger partial charge in [0.2, 0.25) is 0 Å². The van der Waals surface area contributed by atoms with Gasteiger partial charge < -0.3 is 0 Å². The summed E-state index contributed by atoms with van der Waals surface area (Å²) in [5, 5.41) is 4.38. The topological polar surface area (TPSA) is 17.8 Å². The van der Waals surface area contributed by atoms with Crippen LogP contribution in [0.1, 0.15) is 39.2 Å². The molecule has 0 amide bonds. The molecular formula is C11H18N2. The minimum absolute atomic E-state index is 0.238. The summed E-state index contributed by atoms with van der Waals surface area (Å²) in [5.74, 6) is 0.910. The highest BCUT2D eigenvalue weighted by Gasteiger charge is 2.23. The zero-order valence-electron chi connectivity index (χ0n) is 8.75. The lowest BCUT2D eigenvalue weighted by Crippen LogP contribution is -2.09. The quantitative estimate of drug-likeness (QED) is 0.680. The van der Waals surface area contributed by atoms with Gasteiger partial charge in [0.15, 0.2) is 0 Å². The summed E-state index contributed by atoms with van der Waals surface area (Å²) in [5.41, 5.74) is 1.58. The second-order valence-electron chi connectivity index (χ2n) is 5.14. The highest BCUT2D eigenvalue weighted by Crippen LogP contribution is 2.31. The Morgan fingerprint density at radius 3 is 2.62 bits per heavy atom. The molecule has 0 spiro atoms. The number of nitrogens with zero attached hydrogens (tertiary/aromatic N) is 2. The maximum atomic E-state index is 4.38. The van der Waals surface area contributed by atoms with Crippen LogP contribution in [0.4, 0.5) is 0 Å². The standard InChI is InChI=1S/C11H18N2/c1-11(2,3)10-6-12-13(8-10)7-9-4-5-9/h6,8-9H,4-5,7H2,1-3H3. The summed E-state index contributed by atoms with van der Waals surface area (Å²) >= 11 is 0. The molecule has 0 bridgehead atoms. The molecule has 0 atom stereocenters. The van der Waals surface area contributed by atoms with Gasteiger partial charge in [-0.2, -0.15) is 5.10 Å². The molecule has 0 N–H and O–H groups in total. The van der Waals surface area contributed by atoms with Gasteiger partial charge >= 0.3 is 0 Å². The molecule has 1 aliphatic rings. The first-order valence-corrected chi connectivity index (χ1v) is 5.08. The SMILES string of the molecule is CC(C)(C)c1cnn(CC2CC2)c1. The van der Waals surface area contributed by atoms with Crippen molar-refractivity contribution in [3.05, 3.63) is 18.0 Å². The monoisotopic (exact) mass is 178 g/mol. The fraction of sp³-hybridized carbons (Fsp3) is 0.727. The normalized spacial score (nSPS) is 17.8. The average Bonchev–Trinajstić information content (AvgIpc) is 2.63. The predicted molar refractivity (Wildman–Crippen MR) is 53.7 cm³/mol. The van der Waals surface area contributed by atoms with E-state index in [1.807, 2.05) is 6.20 Å². The molecule has 1 heterocycles. The molecule has 0 radical (unpaired) electrons. The van der Waals surface area contributed by atoms with E-state index >= 15 is 0 Å². The van der Waals surface area contributed by atoms with Crippen molar-refractivity contribution in [3.8, 4) is 0 Å². The first-order chi connectivity index (χ1) is 6.05. The van der Waals surface area contributed by atoms with Crippen LogP contribution in [0.25, 0.3) is 0 Å². The van der Waals surface area contributed by atoms with Crippen LogP contribution in [0.3, 0.4) is 0 Å². The smallest absolute Gasteiger partial charge is 0.0527 e. The molecule has 1 aromatic heterocycles. The van der Waals surface area contributed by atoms with Crippen LogP contribution in [0.2, 0.25) is 0 Å². The fourth-order valence-corrected chi connectivity index (χ4v) is 1.42. The predicted octanol–water partition coefficient (Wildman–Crippen LogP) is 2.59. The lowest BCUT2D eigenvalue weighted by Gasteiger charge is -2.14. The van der Waals surface area contributed by atoms with E-state index in [2.05, 4.69) is 36.7 Å². The van der Waals surface area contributed by atoms with Gasteiger partial charge in [0, 0.05) is 12.7 Å². The Morgan fingerprint density at radius 1 is 1.46 bits per heavy atom. The zero-order chi connectivity index (χ0) is 9.47. The lowest BCUT2D eigenvalue weighted by molar-refractivity contribution is 0.555. The molecule has 2 rings (SSSR count). The van der Waals surface area contributed by atoms with E-state index in [1.54, 1.807) is 0 Å². The van der Waals surface area contributed by atoms with E-state index in [0.29, 0.717) is 0 Å². The fourth-order valence-electron chi connectivity index (χ4n) is 1.42. The number of rotatable bonds is 2. The van der Waals surface area contributed by atoms with Crippen LogP contribution in [0.15, 0.2) is 12.4 Å². The molecule has 1 aromatic rings. The maximum absolute atomic E-state index is 4.38. The van der Waals surface area contributed by atoms with Crippen molar-refractivity contribution in [2.24, 2.45) is 5.92 Å². The summed E-state index contributed by atoms with van der Waals surface area (Å²) < 4.78 is 2.10. The van der Waals surface area contributed by atoms with Gasteiger partial charge in [-0.05, 0) is 29.7 Å². The van der Waals surface area contributed by atoms with Gasteiger partial charge in [-0.3, -0.25) is 4.68 Å². The van der Waals surface area contributed by atoms with Crippen molar-refractivity contribution >= 4 is 0 Å². The van der Waals surface area contributed by atoms with E-state index < -0.39 is 0 Å². The van der Waals surface area contributed by atoms with Gasteiger partial charge in [-0.15, -0.1) is 0 Å². The van der Waals surface area contributed by atoms with E-state index in [-0.39, 0.29) is 5.41 Å². The van der Waals surface area contributed by atoms with E-state index in [4.69, 9.17) is 0 Å². The Morgan fingerprint density at radius 2 is 2.15 bits per heavy atom. The van der Waals surface area contributed by atoms with Gasteiger partial charge in [0.1, 0.15) is 0 Å². The van der Waals surface area contributed by atoms with Crippen LogP contribution in [0.5, 0.6) is 0 Å². The minimum Gasteiger partial charge on any atom is -0.272 e. The Bertz CT molecular complexity index is 289. The molecule has 0 unspecified atom stereocenters. The first-order valence-electron chi connectivity index (χ1n) is 5.08. The van der Waals surface area contributed by atoms with Crippen LogP contribution in [0, 0.1) is 5.92 Å². The maximum Gasteiger partial charge on any atom is 0.0527 e. The second kappa shape index (κ2) is 2.86. The molecular weight excluding hydrogens is 160 g/mol. The molecule has 1 fully saturated rings. The Hall–Kier alpha value is -0.790. The summed E-state index contributed by atoms with van der Waals surface area (Å²) in [6.45, 7) is 7.80. The Balaban J connectivity index is 2.08. The summed E-state index contributed by atoms with van der Waals surface area (Å²) in [6.07, 6.45) is 6.98. The summed E-state index contributed by atoms with van der Waals surface area (Å²) in [6, 6.07) is 0. The van der Waals surface area contributed by atoms with Crippen molar-refractivity contribution in [1.29, 1.82) is 0 Å². The molecule has 72 valence electrons. The van der Waals surface area contributed by atoms with E-state index in [9.17, 15) is 0 Å². The summed E-state index contributed by atoms with van der Waals surface area (Å²) in [4.78, 5) is 0. The van der Waals surface area contributed by atoms with Gasteiger partial charge in [-0.1, -0.05) is 20.8 Å². The van der Waals surface area contributed by atoms with Crippen molar-refractivity contribution in [1.82, 2.24) is 9.78 Å². The highest BCUT2D eigenvalue weighted by atomic mass is 15.3. The summed E-state index contributed by atoms with van der Waals surface area (Å²) in [7, 11) is 0. The van der Waals surface area contributed by atoms with Gasteiger partial charge in [-0.25, -0.2) is 0 Å². The molecule has 0 aliphatic heterocycles. The minimum atomic E-state index is 0.238. The Labute approximate surface area is 80.0 Å². The van der Waals surface area contributed by atoms with Crippen molar-refractivity contribution < 1.29 is 0 Å². The molecule has 0 aromatic carbocycles. The van der Waals surface area contributed by atoms with Crippen LogP contribution in [-0.4, -0.2) is 9.78 Å². The van der Waals surface area contributed by atoms with Crippen LogP contribution in [-0.2, 0) is 12.0 Å². The van der Waals surface area contributed by atoms with Gasteiger partial charge in [0.25, 0.3) is 0 Å².